The van der Waals surface area contributed by atoms with Crippen molar-refractivity contribution in [2.75, 3.05) is 4.72 Å². The van der Waals surface area contributed by atoms with E-state index in [9.17, 15) is 8.42 Å². The minimum Gasteiger partial charge on any atom is -0.389 e. The molecule has 8 heteroatoms. The maximum atomic E-state index is 12.2. The number of nitrogens with one attached hydrogen (secondary N) is 1. The van der Waals surface area contributed by atoms with Crippen LogP contribution in [0.15, 0.2) is 41.8 Å². The summed E-state index contributed by atoms with van der Waals surface area (Å²) in [7, 11) is -3.69. The summed E-state index contributed by atoms with van der Waals surface area (Å²) in [4.78, 5) is 7.85. The second-order valence-corrected chi connectivity index (χ2v) is 6.20. The average Bonchev–Trinajstić information content (AvgIpc) is 2.38. The third kappa shape index (κ3) is 3.09. The predicted molar refractivity (Wildman–Crippen MR) is 79.9 cm³/mol. The highest BCUT2D eigenvalue weighted by Crippen LogP contribution is 2.18. The lowest BCUT2D eigenvalue weighted by Crippen LogP contribution is -2.15. The Morgan fingerprint density at radius 2 is 1.95 bits per heavy atom. The maximum absolute atomic E-state index is 12.2. The normalized spacial score (nSPS) is 11.1. The Balaban J connectivity index is 2.35. The summed E-state index contributed by atoms with van der Waals surface area (Å²) in [5.41, 5.74) is 7.20. The van der Waals surface area contributed by atoms with Crippen LogP contribution in [0, 0.1) is 6.92 Å². The number of nitrogens with zero attached hydrogens (tertiary/aromatic N) is 2. The molecule has 0 amide bonds. The third-order valence-electron chi connectivity index (χ3n) is 2.59. The highest BCUT2D eigenvalue weighted by Gasteiger charge is 2.16. The monoisotopic (exact) mass is 308 g/mol. The molecule has 1 aromatic heterocycles. The van der Waals surface area contributed by atoms with E-state index in [-0.39, 0.29) is 9.88 Å². The molecular weight excluding hydrogens is 296 g/mol. The van der Waals surface area contributed by atoms with E-state index in [4.69, 9.17) is 18.0 Å². The fourth-order valence-electron chi connectivity index (χ4n) is 1.65. The van der Waals surface area contributed by atoms with Gasteiger partial charge in [0.2, 0.25) is 0 Å². The molecule has 0 aliphatic rings. The molecule has 3 N–H and O–H groups in total. The minimum atomic E-state index is -3.69. The van der Waals surface area contributed by atoms with Crippen LogP contribution in [0.2, 0.25) is 0 Å². The zero-order valence-electron chi connectivity index (χ0n) is 10.6. The van der Waals surface area contributed by atoms with Crippen molar-refractivity contribution in [3.8, 4) is 0 Å². The van der Waals surface area contributed by atoms with Gasteiger partial charge in [0.25, 0.3) is 10.0 Å². The molecule has 2 rings (SSSR count). The van der Waals surface area contributed by atoms with E-state index in [1.165, 1.54) is 30.9 Å². The van der Waals surface area contributed by atoms with Crippen LogP contribution in [-0.2, 0) is 10.0 Å². The molecule has 0 spiro atoms. The van der Waals surface area contributed by atoms with Gasteiger partial charge in [-0.1, -0.05) is 18.3 Å². The SMILES string of the molecule is Cc1cc(S(=O)(=O)Nc2cncnc2)ccc1C(N)=S. The molecule has 0 unspecified atom stereocenters. The molecule has 0 aliphatic carbocycles. The van der Waals surface area contributed by atoms with Crippen LogP contribution in [0.5, 0.6) is 0 Å². The van der Waals surface area contributed by atoms with Gasteiger partial charge in [0.05, 0.1) is 23.0 Å². The molecule has 0 bridgehead atoms. The average molecular weight is 308 g/mol. The Kier molecular flexibility index (Phi) is 3.96. The Hall–Kier alpha value is -2.06. The van der Waals surface area contributed by atoms with Crippen LogP contribution in [0.3, 0.4) is 0 Å². The summed E-state index contributed by atoms with van der Waals surface area (Å²) in [5.74, 6) is 0. The highest BCUT2D eigenvalue weighted by atomic mass is 32.2. The highest BCUT2D eigenvalue weighted by molar-refractivity contribution is 7.92. The number of hydrogen-bond donors (Lipinski definition) is 2. The molecule has 0 atom stereocenters. The third-order valence-corrected chi connectivity index (χ3v) is 4.19. The first-order valence-corrected chi connectivity index (χ1v) is 7.47. The zero-order chi connectivity index (χ0) is 14.8. The Morgan fingerprint density at radius 3 is 2.50 bits per heavy atom. The van der Waals surface area contributed by atoms with Crippen LogP contribution in [0.1, 0.15) is 11.1 Å². The number of thiocarbonyl (C=S) groups is 1. The lowest BCUT2D eigenvalue weighted by Gasteiger charge is -2.10. The van der Waals surface area contributed by atoms with Gasteiger partial charge in [0.15, 0.2) is 0 Å². The summed E-state index contributed by atoms with van der Waals surface area (Å²) in [6, 6.07) is 4.56. The zero-order valence-corrected chi connectivity index (χ0v) is 12.2. The van der Waals surface area contributed by atoms with E-state index in [1.807, 2.05) is 0 Å². The first-order valence-electron chi connectivity index (χ1n) is 5.58. The molecule has 0 radical (unpaired) electrons. The van der Waals surface area contributed by atoms with Crippen molar-refractivity contribution in [2.24, 2.45) is 5.73 Å². The fourth-order valence-corrected chi connectivity index (χ4v) is 2.99. The van der Waals surface area contributed by atoms with Gasteiger partial charge in [-0.2, -0.15) is 0 Å². The van der Waals surface area contributed by atoms with Gasteiger partial charge in [-0.05, 0) is 24.6 Å². The predicted octanol–water partition coefficient (Wildman–Crippen LogP) is 1.22. The number of aryl methyl sites for hydroxylation is 1. The first kappa shape index (κ1) is 14.4. The number of aromatic nitrogens is 2. The maximum Gasteiger partial charge on any atom is 0.262 e. The van der Waals surface area contributed by atoms with E-state index in [0.29, 0.717) is 16.8 Å². The number of hydrogen-bond acceptors (Lipinski definition) is 5. The largest absolute Gasteiger partial charge is 0.389 e. The standard InChI is InChI=1S/C12H12N4O2S2/c1-8-4-10(2-3-11(8)12(13)19)20(17,18)16-9-5-14-7-15-6-9/h2-7,16H,1H3,(H2,13,19). The molecule has 1 aromatic carbocycles. The number of benzene rings is 1. The second-order valence-electron chi connectivity index (χ2n) is 4.07. The van der Waals surface area contributed by atoms with E-state index in [1.54, 1.807) is 13.0 Å². The second kappa shape index (κ2) is 5.51. The first-order chi connectivity index (χ1) is 9.40. The van der Waals surface area contributed by atoms with Gasteiger partial charge in [-0.3, -0.25) is 4.72 Å². The Bertz CT molecular complexity index is 745. The molecule has 1 heterocycles. The van der Waals surface area contributed by atoms with Crippen LogP contribution >= 0.6 is 12.2 Å². The number of nitrogens with two attached hydrogens (primary N) is 1. The molecule has 2 aromatic rings. The van der Waals surface area contributed by atoms with Crippen molar-refractivity contribution in [3.63, 3.8) is 0 Å². The van der Waals surface area contributed by atoms with Crippen LogP contribution in [0.4, 0.5) is 5.69 Å². The van der Waals surface area contributed by atoms with Crippen LogP contribution in [0.25, 0.3) is 0 Å². The minimum absolute atomic E-state index is 0.124. The fraction of sp³-hybridized carbons (Fsp3) is 0.0833. The van der Waals surface area contributed by atoms with Crippen LogP contribution in [-0.4, -0.2) is 23.4 Å². The van der Waals surface area contributed by atoms with E-state index >= 15 is 0 Å². The van der Waals surface area contributed by atoms with Crippen molar-refractivity contribution in [1.82, 2.24) is 9.97 Å². The lowest BCUT2D eigenvalue weighted by molar-refractivity contribution is 0.601. The van der Waals surface area contributed by atoms with Crippen LogP contribution < -0.4 is 10.5 Å². The molecule has 6 nitrogen and oxygen atoms in total. The quantitative estimate of drug-likeness (QED) is 0.824. The number of anilines is 1. The molecule has 0 saturated carbocycles. The summed E-state index contributed by atoms with van der Waals surface area (Å²) in [6.07, 6.45) is 4.07. The Labute approximate surface area is 122 Å². The van der Waals surface area contributed by atoms with E-state index < -0.39 is 10.0 Å². The summed E-state index contributed by atoms with van der Waals surface area (Å²) < 4.78 is 26.8. The van der Waals surface area contributed by atoms with Gasteiger partial charge in [0, 0.05) is 5.56 Å². The summed E-state index contributed by atoms with van der Waals surface area (Å²) >= 11 is 4.89. The smallest absolute Gasteiger partial charge is 0.262 e. The van der Waals surface area contributed by atoms with E-state index in [2.05, 4.69) is 14.7 Å². The number of rotatable bonds is 4. The van der Waals surface area contributed by atoms with Crippen molar-refractivity contribution in [2.45, 2.75) is 11.8 Å². The molecule has 20 heavy (non-hydrogen) atoms. The van der Waals surface area contributed by atoms with Gasteiger partial charge in [0.1, 0.15) is 11.3 Å². The van der Waals surface area contributed by atoms with Gasteiger partial charge in [-0.15, -0.1) is 0 Å². The van der Waals surface area contributed by atoms with E-state index in [0.717, 1.165) is 0 Å². The number of sulfonamides is 1. The Morgan fingerprint density at radius 1 is 1.30 bits per heavy atom. The molecular formula is C12H12N4O2S2. The molecule has 0 aliphatic heterocycles. The lowest BCUT2D eigenvalue weighted by atomic mass is 10.1. The summed E-state index contributed by atoms with van der Waals surface area (Å²) in [6.45, 7) is 1.75. The summed E-state index contributed by atoms with van der Waals surface area (Å²) in [5, 5.41) is 0. The van der Waals surface area contributed by atoms with Crippen molar-refractivity contribution in [3.05, 3.63) is 48.0 Å². The van der Waals surface area contributed by atoms with Crippen molar-refractivity contribution < 1.29 is 8.42 Å². The topological polar surface area (TPSA) is 98.0 Å². The van der Waals surface area contributed by atoms with Crippen molar-refractivity contribution in [1.29, 1.82) is 0 Å². The van der Waals surface area contributed by atoms with Gasteiger partial charge >= 0.3 is 0 Å². The van der Waals surface area contributed by atoms with Gasteiger partial charge < -0.3 is 5.73 Å². The molecule has 0 fully saturated rings. The van der Waals surface area contributed by atoms with Crippen molar-refractivity contribution >= 4 is 32.9 Å². The molecule has 104 valence electrons. The van der Waals surface area contributed by atoms with Gasteiger partial charge in [-0.25, -0.2) is 18.4 Å². The molecule has 0 saturated heterocycles.